The summed E-state index contributed by atoms with van der Waals surface area (Å²) in [5.41, 5.74) is 1.29. The number of likely N-dealkylation sites (tertiary alicyclic amines) is 1. The molecular formula is C19H26N2O2. The fraction of sp³-hybridized carbons (Fsp3) is 0.632. The van der Waals surface area contributed by atoms with Gasteiger partial charge in [0.25, 0.3) is 0 Å². The van der Waals surface area contributed by atoms with Gasteiger partial charge in [-0.1, -0.05) is 30.3 Å². The molecule has 23 heavy (non-hydrogen) atoms. The maximum atomic E-state index is 12.1. The summed E-state index contributed by atoms with van der Waals surface area (Å²) < 4.78 is 5.53. The van der Waals surface area contributed by atoms with E-state index in [1.807, 2.05) is 0 Å². The molecule has 3 fully saturated rings. The van der Waals surface area contributed by atoms with Crippen LogP contribution in [0.25, 0.3) is 0 Å². The first kappa shape index (κ1) is 15.2. The summed E-state index contributed by atoms with van der Waals surface area (Å²) >= 11 is 0. The highest BCUT2D eigenvalue weighted by Gasteiger charge is 2.50. The van der Waals surface area contributed by atoms with Crippen LogP contribution >= 0.6 is 0 Å². The summed E-state index contributed by atoms with van der Waals surface area (Å²) in [5.74, 6) is 0.627. The summed E-state index contributed by atoms with van der Waals surface area (Å²) in [5, 5.41) is 3.40. The Balaban J connectivity index is 1.62. The van der Waals surface area contributed by atoms with E-state index in [1.54, 1.807) is 0 Å². The van der Waals surface area contributed by atoms with Crippen molar-refractivity contribution in [3.8, 4) is 0 Å². The van der Waals surface area contributed by atoms with E-state index >= 15 is 0 Å². The van der Waals surface area contributed by atoms with Gasteiger partial charge in [0.15, 0.2) is 0 Å². The average Bonchev–Trinajstić information content (AvgIpc) is 2.95. The quantitative estimate of drug-likeness (QED) is 0.911. The molecule has 1 aromatic carbocycles. The molecule has 3 saturated heterocycles. The zero-order valence-electron chi connectivity index (χ0n) is 13.7. The van der Waals surface area contributed by atoms with Crippen LogP contribution in [0.3, 0.4) is 0 Å². The van der Waals surface area contributed by atoms with Crippen LogP contribution in [0.15, 0.2) is 30.3 Å². The number of benzene rings is 1. The topological polar surface area (TPSA) is 41.6 Å². The zero-order chi connectivity index (χ0) is 15.7. The Morgan fingerprint density at radius 3 is 2.70 bits per heavy atom. The minimum atomic E-state index is -0.0744. The van der Waals surface area contributed by atoms with E-state index in [4.69, 9.17) is 4.74 Å². The molecule has 0 saturated carbocycles. The lowest BCUT2D eigenvalue weighted by molar-refractivity contribution is -0.125. The Labute approximate surface area is 138 Å². The maximum Gasteiger partial charge on any atom is 0.220 e. The molecule has 0 bridgehead atoms. The van der Waals surface area contributed by atoms with Gasteiger partial charge in [-0.05, 0) is 31.2 Å². The van der Waals surface area contributed by atoms with Crippen molar-refractivity contribution in [2.75, 3.05) is 26.3 Å². The SMILES string of the molecule is O=C1CCC[C@]2(CN(C3CCOCC3)C[C@H]2c2ccccc2)N1. The molecule has 3 aliphatic rings. The van der Waals surface area contributed by atoms with Crippen molar-refractivity contribution in [2.45, 2.75) is 49.6 Å². The molecule has 1 aromatic rings. The molecule has 4 rings (SSSR count). The van der Waals surface area contributed by atoms with Gasteiger partial charge in [0.1, 0.15) is 0 Å². The molecule has 124 valence electrons. The Hall–Kier alpha value is -1.39. The van der Waals surface area contributed by atoms with Gasteiger partial charge >= 0.3 is 0 Å². The van der Waals surface area contributed by atoms with Crippen LogP contribution in [-0.2, 0) is 9.53 Å². The van der Waals surface area contributed by atoms with Crippen molar-refractivity contribution >= 4 is 5.91 Å². The van der Waals surface area contributed by atoms with Gasteiger partial charge in [-0.15, -0.1) is 0 Å². The lowest BCUT2D eigenvalue weighted by atomic mass is 9.76. The Morgan fingerprint density at radius 2 is 1.96 bits per heavy atom. The standard InChI is InChI=1S/C19H26N2O2/c22-18-7-4-10-19(20-18)14-21(16-8-11-23-12-9-16)13-17(19)15-5-2-1-3-6-15/h1-3,5-6,16-17H,4,7-14H2,(H,20,22)/t17-,19+/m0/s1. The predicted octanol–water partition coefficient (Wildman–Crippen LogP) is 2.30. The minimum Gasteiger partial charge on any atom is -0.381 e. The monoisotopic (exact) mass is 314 g/mol. The Bertz CT molecular complexity index is 556. The molecule has 4 nitrogen and oxygen atoms in total. The van der Waals surface area contributed by atoms with Crippen molar-refractivity contribution in [2.24, 2.45) is 0 Å². The first-order valence-electron chi connectivity index (χ1n) is 8.95. The number of amides is 1. The Kier molecular flexibility index (Phi) is 4.12. The van der Waals surface area contributed by atoms with Crippen molar-refractivity contribution in [3.63, 3.8) is 0 Å². The van der Waals surface area contributed by atoms with Crippen LogP contribution in [0, 0.1) is 0 Å². The number of hydrogen-bond acceptors (Lipinski definition) is 3. The summed E-state index contributed by atoms with van der Waals surface area (Å²) in [7, 11) is 0. The minimum absolute atomic E-state index is 0.0744. The number of carbonyl (C=O) groups excluding carboxylic acids is 1. The average molecular weight is 314 g/mol. The van der Waals surface area contributed by atoms with Gasteiger partial charge in [0.2, 0.25) is 5.91 Å². The van der Waals surface area contributed by atoms with Crippen LogP contribution in [0.5, 0.6) is 0 Å². The first-order valence-corrected chi connectivity index (χ1v) is 8.95. The van der Waals surface area contributed by atoms with E-state index in [1.165, 1.54) is 5.56 Å². The second-order valence-electron chi connectivity index (χ2n) is 7.29. The van der Waals surface area contributed by atoms with Crippen LogP contribution in [-0.4, -0.2) is 48.7 Å². The number of ether oxygens (including phenoxy) is 1. The van der Waals surface area contributed by atoms with Gasteiger partial charge in [-0.2, -0.15) is 0 Å². The summed E-state index contributed by atoms with van der Waals surface area (Å²) in [6, 6.07) is 11.4. The second kappa shape index (κ2) is 6.25. The highest BCUT2D eigenvalue weighted by molar-refractivity contribution is 5.78. The molecule has 0 unspecified atom stereocenters. The fourth-order valence-electron chi connectivity index (χ4n) is 4.73. The van der Waals surface area contributed by atoms with E-state index in [0.29, 0.717) is 18.4 Å². The van der Waals surface area contributed by atoms with E-state index in [2.05, 4.69) is 40.5 Å². The molecule has 4 heteroatoms. The summed E-state index contributed by atoms with van der Waals surface area (Å²) in [6.07, 6.45) is 5.02. The maximum absolute atomic E-state index is 12.1. The number of rotatable bonds is 2. The lowest BCUT2D eigenvalue weighted by Crippen LogP contribution is -2.56. The number of nitrogens with zero attached hydrogens (tertiary/aromatic N) is 1. The summed E-state index contributed by atoms with van der Waals surface area (Å²) in [4.78, 5) is 14.8. The molecule has 1 amide bonds. The Morgan fingerprint density at radius 1 is 1.17 bits per heavy atom. The van der Waals surface area contributed by atoms with Gasteiger partial charge in [-0.3, -0.25) is 9.69 Å². The normalized spacial score (nSPS) is 33.0. The van der Waals surface area contributed by atoms with Gasteiger partial charge in [-0.25, -0.2) is 0 Å². The van der Waals surface area contributed by atoms with Gasteiger partial charge < -0.3 is 10.1 Å². The molecule has 1 spiro atoms. The first-order chi connectivity index (χ1) is 11.3. The summed E-state index contributed by atoms with van der Waals surface area (Å²) in [6.45, 7) is 3.78. The molecule has 1 N–H and O–H groups in total. The van der Waals surface area contributed by atoms with E-state index in [9.17, 15) is 4.79 Å². The van der Waals surface area contributed by atoms with Crippen LogP contribution in [0.2, 0.25) is 0 Å². The third-order valence-electron chi connectivity index (χ3n) is 5.89. The fourth-order valence-corrected chi connectivity index (χ4v) is 4.73. The number of hydrogen-bond donors (Lipinski definition) is 1. The number of piperidine rings is 1. The molecule has 0 radical (unpaired) electrons. The van der Waals surface area contributed by atoms with Gasteiger partial charge in [0.05, 0.1) is 5.54 Å². The number of nitrogens with one attached hydrogen (secondary N) is 1. The third kappa shape index (κ3) is 2.90. The van der Waals surface area contributed by atoms with Crippen LogP contribution < -0.4 is 5.32 Å². The second-order valence-corrected chi connectivity index (χ2v) is 7.29. The third-order valence-corrected chi connectivity index (χ3v) is 5.89. The molecule has 3 aliphatic heterocycles. The largest absolute Gasteiger partial charge is 0.381 e. The van der Waals surface area contributed by atoms with Crippen LogP contribution in [0.4, 0.5) is 0 Å². The van der Waals surface area contributed by atoms with E-state index in [-0.39, 0.29) is 11.4 Å². The van der Waals surface area contributed by atoms with Crippen molar-refractivity contribution in [3.05, 3.63) is 35.9 Å². The highest BCUT2D eigenvalue weighted by Crippen LogP contribution is 2.42. The smallest absolute Gasteiger partial charge is 0.220 e. The van der Waals surface area contributed by atoms with Gasteiger partial charge in [0, 0.05) is 44.7 Å². The van der Waals surface area contributed by atoms with Crippen molar-refractivity contribution < 1.29 is 9.53 Å². The van der Waals surface area contributed by atoms with Crippen molar-refractivity contribution in [1.29, 1.82) is 0 Å². The molecule has 0 aliphatic carbocycles. The van der Waals surface area contributed by atoms with Crippen LogP contribution in [0.1, 0.15) is 43.6 Å². The number of carbonyl (C=O) groups is 1. The van der Waals surface area contributed by atoms with Crippen molar-refractivity contribution in [1.82, 2.24) is 10.2 Å². The molecule has 0 aromatic heterocycles. The van der Waals surface area contributed by atoms with E-state index < -0.39 is 0 Å². The molecular weight excluding hydrogens is 288 g/mol. The highest BCUT2D eigenvalue weighted by atomic mass is 16.5. The zero-order valence-corrected chi connectivity index (χ0v) is 13.7. The molecule has 3 heterocycles. The lowest BCUT2D eigenvalue weighted by Gasteiger charge is -2.40. The van der Waals surface area contributed by atoms with E-state index in [0.717, 1.165) is 52.0 Å². The predicted molar refractivity (Wildman–Crippen MR) is 89.3 cm³/mol. The molecule has 2 atom stereocenters.